The Balaban J connectivity index is 1.64. The van der Waals surface area contributed by atoms with Gasteiger partial charge >= 0.3 is 0 Å². The molecule has 0 unspecified atom stereocenters. The lowest BCUT2D eigenvalue weighted by molar-refractivity contribution is 0.414. The highest BCUT2D eigenvalue weighted by Crippen LogP contribution is 2.33. The highest BCUT2D eigenvalue weighted by atomic mass is 79.9. The minimum atomic E-state index is -3.90. The third kappa shape index (κ3) is 5.48. The van der Waals surface area contributed by atoms with Crippen molar-refractivity contribution in [1.29, 1.82) is 0 Å². The van der Waals surface area contributed by atoms with E-state index in [0.717, 1.165) is 20.3 Å². The van der Waals surface area contributed by atoms with Crippen molar-refractivity contribution in [3.63, 3.8) is 0 Å². The van der Waals surface area contributed by atoms with Crippen LogP contribution < -0.4 is 10.1 Å². The topological polar surface area (TPSA) is 81.4 Å². The molecule has 0 spiro atoms. The highest BCUT2D eigenvalue weighted by Gasteiger charge is 2.28. The normalized spacial score (nSPS) is 11.4. The van der Waals surface area contributed by atoms with Gasteiger partial charge in [0.15, 0.2) is 0 Å². The second kappa shape index (κ2) is 10.1. The van der Waals surface area contributed by atoms with E-state index >= 15 is 0 Å². The van der Waals surface area contributed by atoms with Crippen LogP contribution in [-0.4, -0.2) is 27.1 Å². The van der Waals surface area contributed by atoms with Crippen LogP contribution in [-0.2, 0) is 16.3 Å². The molecule has 0 radical (unpaired) electrons. The Morgan fingerprint density at radius 3 is 2.12 bits per heavy atom. The fourth-order valence-corrected chi connectivity index (χ4v) is 4.96. The molecule has 1 aromatic heterocycles. The molecule has 1 heterocycles. The number of halogens is 2. The summed E-state index contributed by atoms with van der Waals surface area (Å²) in [5, 5.41) is 2.98. The first-order valence-electron chi connectivity index (χ1n) is 10.0. The monoisotopic (exact) mass is 590 g/mol. The van der Waals surface area contributed by atoms with Crippen LogP contribution in [0.25, 0.3) is 11.5 Å². The quantitative estimate of drug-likeness (QED) is 0.257. The van der Waals surface area contributed by atoms with E-state index in [4.69, 9.17) is 9.15 Å². The van der Waals surface area contributed by atoms with Crippen molar-refractivity contribution in [3.8, 4) is 17.2 Å². The van der Waals surface area contributed by atoms with Crippen molar-refractivity contribution >= 4 is 47.6 Å². The zero-order chi connectivity index (χ0) is 23.4. The summed E-state index contributed by atoms with van der Waals surface area (Å²) >= 11 is 6.74. The molecule has 0 amide bonds. The van der Waals surface area contributed by atoms with Crippen molar-refractivity contribution in [1.82, 2.24) is 4.98 Å². The number of aromatic nitrogens is 1. The lowest BCUT2D eigenvalue weighted by Crippen LogP contribution is -2.09. The van der Waals surface area contributed by atoms with Crippen LogP contribution in [0.1, 0.15) is 5.56 Å². The molecule has 0 aliphatic rings. The molecule has 3 aromatic carbocycles. The molecule has 0 saturated heterocycles. The molecule has 0 aliphatic carbocycles. The number of anilines is 1. The molecule has 1 N–H and O–H groups in total. The molecule has 0 saturated carbocycles. The SMILES string of the molecule is COc1ccc(CCNc2oc(-c3ccc(Br)cc3)nc2S(=O)(=O)c2ccc(Br)cc2)cc1. The Hall–Kier alpha value is -2.62. The van der Waals surface area contributed by atoms with Gasteiger partial charge in [-0.1, -0.05) is 44.0 Å². The summed E-state index contributed by atoms with van der Waals surface area (Å²) in [5.41, 5.74) is 1.75. The summed E-state index contributed by atoms with van der Waals surface area (Å²) in [6, 6.07) is 21.5. The van der Waals surface area contributed by atoms with Crippen LogP contribution in [0, 0.1) is 0 Å². The number of benzene rings is 3. The van der Waals surface area contributed by atoms with Crippen molar-refractivity contribution in [3.05, 3.63) is 87.3 Å². The number of ether oxygens (including phenoxy) is 1. The van der Waals surface area contributed by atoms with E-state index in [9.17, 15) is 8.42 Å². The molecule has 9 heteroatoms. The molecule has 6 nitrogen and oxygen atoms in total. The standard InChI is InChI=1S/C24H20Br2N2O4S/c1-31-20-10-2-16(3-11-20)14-15-27-23-24(33(29,30)21-12-8-19(26)9-13-21)28-22(32-23)17-4-6-18(25)7-5-17/h2-13,27H,14-15H2,1H3. The first-order chi connectivity index (χ1) is 15.9. The second-order valence-electron chi connectivity index (χ2n) is 7.14. The van der Waals surface area contributed by atoms with Gasteiger partial charge in [0, 0.05) is 21.1 Å². The second-order valence-corrected chi connectivity index (χ2v) is 10.8. The number of nitrogens with zero attached hydrogens (tertiary/aromatic N) is 1. The van der Waals surface area contributed by atoms with Crippen LogP contribution in [0.15, 0.2) is 96.1 Å². The van der Waals surface area contributed by atoms with Gasteiger partial charge in [-0.2, -0.15) is 4.98 Å². The van der Waals surface area contributed by atoms with Crippen LogP contribution in [0.3, 0.4) is 0 Å². The van der Waals surface area contributed by atoms with Crippen molar-refractivity contribution in [2.24, 2.45) is 0 Å². The van der Waals surface area contributed by atoms with Gasteiger partial charge in [0.1, 0.15) is 5.75 Å². The zero-order valence-corrected chi connectivity index (χ0v) is 21.6. The van der Waals surface area contributed by atoms with Gasteiger partial charge < -0.3 is 14.5 Å². The highest BCUT2D eigenvalue weighted by molar-refractivity contribution is 9.10. The fourth-order valence-electron chi connectivity index (χ4n) is 3.15. The molecule has 4 aromatic rings. The molecule has 33 heavy (non-hydrogen) atoms. The van der Waals surface area contributed by atoms with E-state index in [1.165, 1.54) is 12.1 Å². The summed E-state index contributed by atoms with van der Waals surface area (Å²) in [6.45, 7) is 0.462. The first-order valence-corrected chi connectivity index (χ1v) is 13.1. The Bertz CT molecular complexity index is 1330. The predicted octanol–water partition coefficient (Wildman–Crippen LogP) is 6.36. The van der Waals surface area contributed by atoms with Crippen LogP contribution in [0.5, 0.6) is 5.75 Å². The lowest BCUT2D eigenvalue weighted by atomic mass is 10.1. The van der Waals surface area contributed by atoms with Crippen LogP contribution >= 0.6 is 31.9 Å². The Labute approximate surface area is 209 Å². The van der Waals surface area contributed by atoms with Crippen LogP contribution in [0.4, 0.5) is 5.88 Å². The molecule has 0 bridgehead atoms. The third-order valence-corrected chi connectivity index (χ3v) is 7.66. The van der Waals surface area contributed by atoms with Gasteiger partial charge in [0.05, 0.1) is 12.0 Å². The molecular weight excluding hydrogens is 572 g/mol. The predicted molar refractivity (Wildman–Crippen MR) is 134 cm³/mol. The summed E-state index contributed by atoms with van der Waals surface area (Å²) in [6.07, 6.45) is 0.663. The maximum absolute atomic E-state index is 13.4. The van der Waals surface area contributed by atoms with Gasteiger partial charge in [0.2, 0.25) is 26.6 Å². The summed E-state index contributed by atoms with van der Waals surface area (Å²) < 4.78 is 39.5. The van der Waals surface area contributed by atoms with Gasteiger partial charge in [0.25, 0.3) is 0 Å². The van der Waals surface area contributed by atoms with Gasteiger partial charge in [-0.25, -0.2) is 8.42 Å². The van der Waals surface area contributed by atoms with E-state index in [0.29, 0.717) is 18.5 Å². The molecule has 0 fully saturated rings. The average Bonchev–Trinajstić information content (AvgIpc) is 3.25. The molecule has 0 aliphatic heterocycles. The molecular formula is C24H20Br2N2O4S. The minimum Gasteiger partial charge on any atom is -0.497 e. The van der Waals surface area contributed by atoms with Crippen molar-refractivity contribution in [2.45, 2.75) is 16.3 Å². The largest absolute Gasteiger partial charge is 0.497 e. The molecule has 0 atom stereocenters. The van der Waals surface area contributed by atoms with E-state index in [1.807, 2.05) is 48.5 Å². The van der Waals surface area contributed by atoms with Gasteiger partial charge in [-0.15, -0.1) is 0 Å². The van der Waals surface area contributed by atoms with Gasteiger partial charge in [-0.3, -0.25) is 0 Å². The van der Waals surface area contributed by atoms with E-state index in [-0.39, 0.29) is 21.7 Å². The van der Waals surface area contributed by atoms with Crippen LogP contribution in [0.2, 0.25) is 0 Å². The summed E-state index contributed by atoms with van der Waals surface area (Å²) in [4.78, 5) is 4.51. The third-order valence-electron chi connectivity index (χ3n) is 4.92. The number of hydrogen-bond donors (Lipinski definition) is 1. The number of nitrogens with one attached hydrogen (secondary N) is 1. The molecule has 4 rings (SSSR count). The first kappa shape index (κ1) is 23.5. The maximum Gasteiger partial charge on any atom is 0.233 e. The number of oxazole rings is 1. The van der Waals surface area contributed by atoms with E-state index in [1.54, 1.807) is 19.2 Å². The van der Waals surface area contributed by atoms with Crippen molar-refractivity contribution < 1.29 is 17.6 Å². The minimum absolute atomic E-state index is 0.115. The average molecular weight is 592 g/mol. The Morgan fingerprint density at radius 2 is 1.52 bits per heavy atom. The number of hydrogen-bond acceptors (Lipinski definition) is 6. The fraction of sp³-hybridized carbons (Fsp3) is 0.125. The van der Waals surface area contributed by atoms with E-state index in [2.05, 4.69) is 42.2 Å². The Kier molecular flexibility index (Phi) is 7.21. The van der Waals surface area contributed by atoms with Gasteiger partial charge in [-0.05, 0) is 72.6 Å². The maximum atomic E-state index is 13.4. The zero-order valence-electron chi connectivity index (χ0n) is 17.6. The number of sulfone groups is 1. The smallest absolute Gasteiger partial charge is 0.233 e. The number of rotatable bonds is 8. The molecule has 170 valence electrons. The Morgan fingerprint density at radius 1 is 0.909 bits per heavy atom. The summed E-state index contributed by atoms with van der Waals surface area (Å²) in [7, 11) is -2.28. The van der Waals surface area contributed by atoms with E-state index < -0.39 is 9.84 Å². The van der Waals surface area contributed by atoms with Crippen molar-refractivity contribution in [2.75, 3.05) is 19.0 Å². The number of methoxy groups -OCH3 is 1. The lowest BCUT2D eigenvalue weighted by Gasteiger charge is -2.07. The summed E-state index contributed by atoms with van der Waals surface area (Å²) in [5.74, 6) is 1.12.